The van der Waals surface area contributed by atoms with Gasteiger partial charge in [0, 0.05) is 39.1 Å². The number of rotatable bonds is 1. The zero-order valence-corrected chi connectivity index (χ0v) is 9.20. The fourth-order valence-electron chi connectivity index (χ4n) is 2.56. The smallest absolute Gasteiger partial charge is 0.219 e. The van der Waals surface area contributed by atoms with E-state index in [-0.39, 0.29) is 5.91 Å². The lowest BCUT2D eigenvalue weighted by molar-refractivity contribution is -0.131. The molecule has 1 aliphatic carbocycles. The first kappa shape index (κ1) is 9.97. The predicted octanol–water partition coefficient (Wildman–Crippen LogP) is 0.949. The molecule has 1 heterocycles. The maximum Gasteiger partial charge on any atom is 0.219 e. The Morgan fingerprint density at radius 2 is 1.71 bits per heavy atom. The van der Waals surface area contributed by atoms with Crippen LogP contribution in [0.1, 0.15) is 26.7 Å². The zero-order valence-electron chi connectivity index (χ0n) is 9.20. The molecule has 1 saturated carbocycles. The zero-order chi connectivity index (χ0) is 10.1. The highest BCUT2D eigenvalue weighted by Gasteiger charge is 2.32. The fraction of sp³-hybridized carbons (Fsp3) is 0.909. The second-order valence-corrected chi connectivity index (χ2v) is 4.77. The molecule has 1 saturated heterocycles. The topological polar surface area (TPSA) is 23.6 Å². The number of amides is 1. The molecule has 0 bridgehead atoms. The molecule has 3 heteroatoms. The first-order valence-electron chi connectivity index (χ1n) is 5.66. The van der Waals surface area contributed by atoms with E-state index in [4.69, 9.17) is 0 Å². The minimum Gasteiger partial charge on any atom is -0.340 e. The van der Waals surface area contributed by atoms with E-state index in [2.05, 4.69) is 11.8 Å². The summed E-state index contributed by atoms with van der Waals surface area (Å²) >= 11 is 0. The summed E-state index contributed by atoms with van der Waals surface area (Å²) in [6.45, 7) is 8.01. The van der Waals surface area contributed by atoms with E-state index in [0.29, 0.717) is 0 Å². The molecule has 0 radical (unpaired) electrons. The van der Waals surface area contributed by atoms with Crippen LogP contribution in [0.4, 0.5) is 0 Å². The molecule has 0 aromatic carbocycles. The summed E-state index contributed by atoms with van der Waals surface area (Å²) in [5, 5.41) is 0. The Bertz CT molecular complexity index is 215. The summed E-state index contributed by atoms with van der Waals surface area (Å²) in [6, 6.07) is 0.819. The maximum absolute atomic E-state index is 11.1. The minimum absolute atomic E-state index is 0.228. The van der Waals surface area contributed by atoms with Crippen molar-refractivity contribution in [1.82, 2.24) is 9.80 Å². The second kappa shape index (κ2) is 3.89. The molecule has 3 nitrogen and oxygen atoms in total. The molecule has 80 valence electrons. The van der Waals surface area contributed by atoms with Crippen molar-refractivity contribution >= 4 is 5.91 Å². The molecule has 2 rings (SSSR count). The lowest BCUT2D eigenvalue weighted by Crippen LogP contribution is -2.54. The monoisotopic (exact) mass is 196 g/mol. The lowest BCUT2D eigenvalue weighted by atomic mass is 9.80. The molecule has 2 fully saturated rings. The van der Waals surface area contributed by atoms with Crippen LogP contribution >= 0.6 is 0 Å². The van der Waals surface area contributed by atoms with Gasteiger partial charge in [-0.2, -0.15) is 0 Å². The first-order chi connectivity index (χ1) is 6.66. The highest BCUT2D eigenvalue weighted by atomic mass is 16.2. The Kier molecular flexibility index (Phi) is 2.77. The van der Waals surface area contributed by atoms with Crippen molar-refractivity contribution in [2.24, 2.45) is 5.92 Å². The lowest BCUT2D eigenvalue weighted by Gasteiger charge is -2.45. The average Bonchev–Trinajstić information content (AvgIpc) is 2.13. The van der Waals surface area contributed by atoms with Crippen LogP contribution in [0.25, 0.3) is 0 Å². The van der Waals surface area contributed by atoms with Gasteiger partial charge >= 0.3 is 0 Å². The Balaban J connectivity index is 1.76. The van der Waals surface area contributed by atoms with Crippen LogP contribution in [-0.4, -0.2) is 47.9 Å². The van der Waals surface area contributed by atoms with Gasteiger partial charge in [-0.15, -0.1) is 0 Å². The van der Waals surface area contributed by atoms with Crippen LogP contribution in [0.2, 0.25) is 0 Å². The third-order valence-corrected chi connectivity index (χ3v) is 3.62. The van der Waals surface area contributed by atoms with Crippen LogP contribution in [0.3, 0.4) is 0 Å². The number of carbonyl (C=O) groups excluding carboxylic acids is 1. The number of hydrogen-bond acceptors (Lipinski definition) is 2. The van der Waals surface area contributed by atoms with Crippen molar-refractivity contribution in [3.63, 3.8) is 0 Å². The van der Waals surface area contributed by atoms with Gasteiger partial charge in [-0.25, -0.2) is 0 Å². The number of piperazine rings is 1. The van der Waals surface area contributed by atoms with E-state index in [0.717, 1.165) is 38.1 Å². The predicted molar refractivity (Wildman–Crippen MR) is 56.0 cm³/mol. The van der Waals surface area contributed by atoms with Crippen LogP contribution in [0.15, 0.2) is 0 Å². The van der Waals surface area contributed by atoms with Gasteiger partial charge in [-0.1, -0.05) is 6.92 Å². The normalized spacial score (nSPS) is 34.0. The van der Waals surface area contributed by atoms with Gasteiger partial charge in [-0.3, -0.25) is 9.69 Å². The van der Waals surface area contributed by atoms with Gasteiger partial charge in [0.15, 0.2) is 0 Å². The summed E-state index contributed by atoms with van der Waals surface area (Å²) in [5.74, 6) is 1.15. The third kappa shape index (κ3) is 1.92. The Morgan fingerprint density at radius 3 is 2.14 bits per heavy atom. The summed E-state index contributed by atoms with van der Waals surface area (Å²) in [4.78, 5) is 15.6. The quantitative estimate of drug-likeness (QED) is 0.623. The van der Waals surface area contributed by atoms with Crippen molar-refractivity contribution in [3.8, 4) is 0 Å². The van der Waals surface area contributed by atoms with Gasteiger partial charge < -0.3 is 4.90 Å². The molecule has 0 unspecified atom stereocenters. The van der Waals surface area contributed by atoms with Gasteiger partial charge in [0.1, 0.15) is 0 Å². The molecule has 0 atom stereocenters. The van der Waals surface area contributed by atoms with Gasteiger partial charge in [0.25, 0.3) is 0 Å². The van der Waals surface area contributed by atoms with E-state index >= 15 is 0 Å². The summed E-state index contributed by atoms with van der Waals surface area (Å²) < 4.78 is 0. The van der Waals surface area contributed by atoms with Crippen LogP contribution in [-0.2, 0) is 4.79 Å². The van der Waals surface area contributed by atoms with Gasteiger partial charge in [-0.05, 0) is 18.8 Å². The van der Waals surface area contributed by atoms with E-state index in [9.17, 15) is 4.79 Å². The van der Waals surface area contributed by atoms with Crippen molar-refractivity contribution in [3.05, 3.63) is 0 Å². The Morgan fingerprint density at radius 1 is 1.14 bits per heavy atom. The van der Waals surface area contributed by atoms with Crippen molar-refractivity contribution in [1.29, 1.82) is 0 Å². The summed E-state index contributed by atoms with van der Waals surface area (Å²) in [5.41, 5.74) is 0. The molecule has 0 N–H and O–H groups in total. The first-order valence-corrected chi connectivity index (χ1v) is 5.66. The molecule has 0 spiro atoms. The standard InChI is InChI=1S/C11H20N2O/c1-9-7-11(8-9)13-5-3-12(4-6-13)10(2)14/h9,11H,3-8H2,1-2H3. The maximum atomic E-state index is 11.1. The van der Waals surface area contributed by atoms with Crippen LogP contribution < -0.4 is 0 Å². The van der Waals surface area contributed by atoms with Crippen molar-refractivity contribution in [2.45, 2.75) is 32.7 Å². The molecular weight excluding hydrogens is 176 g/mol. The Hall–Kier alpha value is -0.570. The molecule has 0 aromatic rings. The largest absolute Gasteiger partial charge is 0.340 e. The van der Waals surface area contributed by atoms with E-state index in [1.807, 2.05) is 4.90 Å². The molecule has 1 amide bonds. The third-order valence-electron chi connectivity index (χ3n) is 3.62. The summed E-state index contributed by atoms with van der Waals surface area (Å²) in [6.07, 6.45) is 2.72. The number of nitrogens with zero attached hydrogens (tertiary/aromatic N) is 2. The molecule has 0 aromatic heterocycles. The number of carbonyl (C=O) groups is 1. The molecular formula is C11H20N2O. The van der Waals surface area contributed by atoms with Crippen molar-refractivity contribution in [2.75, 3.05) is 26.2 Å². The van der Waals surface area contributed by atoms with Crippen LogP contribution in [0, 0.1) is 5.92 Å². The van der Waals surface area contributed by atoms with Crippen molar-refractivity contribution < 1.29 is 4.79 Å². The SMILES string of the molecule is CC(=O)N1CCN(C2CC(C)C2)CC1. The highest BCUT2D eigenvalue weighted by Crippen LogP contribution is 2.31. The second-order valence-electron chi connectivity index (χ2n) is 4.77. The molecule has 1 aliphatic heterocycles. The highest BCUT2D eigenvalue weighted by molar-refractivity contribution is 5.73. The van der Waals surface area contributed by atoms with E-state index < -0.39 is 0 Å². The van der Waals surface area contributed by atoms with E-state index in [1.165, 1.54) is 12.8 Å². The number of hydrogen-bond donors (Lipinski definition) is 0. The Labute approximate surface area is 86.1 Å². The van der Waals surface area contributed by atoms with Gasteiger partial charge in [0.05, 0.1) is 0 Å². The molecule has 2 aliphatic rings. The fourth-order valence-corrected chi connectivity index (χ4v) is 2.56. The van der Waals surface area contributed by atoms with Gasteiger partial charge in [0.2, 0.25) is 5.91 Å². The minimum atomic E-state index is 0.228. The molecule has 14 heavy (non-hydrogen) atoms. The summed E-state index contributed by atoms with van der Waals surface area (Å²) in [7, 11) is 0. The average molecular weight is 196 g/mol. The van der Waals surface area contributed by atoms with Crippen LogP contribution in [0.5, 0.6) is 0 Å². The van der Waals surface area contributed by atoms with E-state index in [1.54, 1.807) is 6.92 Å².